The molecular formula is C24H27FN4O. The molecule has 2 aromatic rings. The van der Waals surface area contributed by atoms with Gasteiger partial charge in [-0.25, -0.2) is 4.39 Å². The van der Waals surface area contributed by atoms with Crippen molar-refractivity contribution in [3.8, 4) is 0 Å². The van der Waals surface area contributed by atoms with Gasteiger partial charge in [0, 0.05) is 43.7 Å². The first kappa shape index (κ1) is 21.6. The maximum Gasteiger partial charge on any atom is 0.256 e. The zero-order chi connectivity index (χ0) is 21.6. The summed E-state index contributed by atoms with van der Waals surface area (Å²) in [6.45, 7) is 8.20. The van der Waals surface area contributed by atoms with E-state index in [1.807, 2.05) is 32.1 Å². The van der Waals surface area contributed by atoms with Crippen LogP contribution in [0.1, 0.15) is 47.2 Å². The van der Waals surface area contributed by atoms with Gasteiger partial charge >= 0.3 is 0 Å². The van der Waals surface area contributed by atoms with Crippen LogP contribution in [0.3, 0.4) is 0 Å². The smallest absolute Gasteiger partial charge is 0.256 e. The lowest BCUT2D eigenvalue weighted by molar-refractivity contribution is 0.0432. The van der Waals surface area contributed by atoms with Crippen molar-refractivity contribution in [3.63, 3.8) is 0 Å². The van der Waals surface area contributed by atoms with Crippen molar-refractivity contribution in [2.24, 2.45) is 0 Å². The molecule has 1 saturated heterocycles. The summed E-state index contributed by atoms with van der Waals surface area (Å²) in [5, 5.41) is 0. The molecule has 2 aromatic heterocycles. The molecule has 0 bridgehead atoms. The van der Waals surface area contributed by atoms with Gasteiger partial charge in [0.25, 0.3) is 5.91 Å². The first-order chi connectivity index (χ1) is 14.5. The summed E-state index contributed by atoms with van der Waals surface area (Å²) in [5.41, 5.74) is 1.98. The lowest BCUT2D eigenvalue weighted by atomic mass is 9.88. The average molecular weight is 407 g/mol. The molecule has 3 rings (SSSR count). The Bertz CT molecular complexity index is 975. The van der Waals surface area contributed by atoms with Crippen LogP contribution >= 0.6 is 0 Å². The van der Waals surface area contributed by atoms with Gasteiger partial charge in [0.15, 0.2) is 0 Å². The molecule has 1 amide bonds. The van der Waals surface area contributed by atoms with Gasteiger partial charge in [-0.2, -0.15) is 0 Å². The van der Waals surface area contributed by atoms with Crippen molar-refractivity contribution >= 4 is 11.5 Å². The van der Waals surface area contributed by atoms with E-state index in [1.54, 1.807) is 41.7 Å². The third-order valence-electron chi connectivity index (χ3n) is 5.37. The third kappa shape index (κ3) is 4.87. The van der Waals surface area contributed by atoms with Crippen LogP contribution in [-0.2, 0) is 6.42 Å². The van der Waals surface area contributed by atoms with Gasteiger partial charge in [0.1, 0.15) is 5.67 Å². The molecule has 0 N–H and O–H groups in total. The predicted octanol–water partition coefficient (Wildman–Crippen LogP) is 4.51. The van der Waals surface area contributed by atoms with Crippen LogP contribution in [0.15, 0.2) is 61.6 Å². The van der Waals surface area contributed by atoms with E-state index >= 15 is 4.39 Å². The molecule has 0 aromatic carbocycles. The zero-order valence-electron chi connectivity index (χ0n) is 17.5. The Balaban J connectivity index is 1.75. The molecule has 0 saturated carbocycles. The summed E-state index contributed by atoms with van der Waals surface area (Å²) in [7, 11) is 0. The number of piperidine rings is 1. The normalized spacial score (nSPS) is 16.6. The molecule has 0 aliphatic carbocycles. The fourth-order valence-corrected chi connectivity index (χ4v) is 3.70. The number of amides is 1. The van der Waals surface area contributed by atoms with E-state index in [0.29, 0.717) is 30.0 Å². The molecule has 0 unspecified atom stereocenters. The lowest BCUT2D eigenvalue weighted by Gasteiger charge is -2.36. The molecule has 5 nitrogen and oxygen atoms in total. The highest BCUT2D eigenvalue weighted by molar-refractivity contribution is 5.99. The first-order valence-corrected chi connectivity index (χ1v) is 10.1. The van der Waals surface area contributed by atoms with E-state index in [-0.39, 0.29) is 25.2 Å². The van der Waals surface area contributed by atoms with Crippen molar-refractivity contribution in [2.45, 2.75) is 38.8 Å². The Morgan fingerprint density at radius 3 is 2.63 bits per heavy atom. The minimum absolute atomic E-state index is 0.129. The number of hydrogen-bond acceptors (Lipinski definition) is 4. The summed E-state index contributed by atoms with van der Waals surface area (Å²) in [5.74, 6) is -0.129. The van der Waals surface area contributed by atoms with E-state index < -0.39 is 5.67 Å². The quantitative estimate of drug-likeness (QED) is 0.662. The number of allylic oxidation sites excluding steroid dienone is 5. The number of carbonyl (C=O) groups excluding carboxylic acids is 1. The van der Waals surface area contributed by atoms with Gasteiger partial charge in [-0.05, 0) is 38.8 Å². The van der Waals surface area contributed by atoms with Gasteiger partial charge in [-0.3, -0.25) is 19.7 Å². The van der Waals surface area contributed by atoms with Crippen LogP contribution in [0.2, 0.25) is 0 Å². The zero-order valence-corrected chi connectivity index (χ0v) is 17.5. The van der Waals surface area contributed by atoms with Crippen molar-refractivity contribution in [3.05, 3.63) is 84.3 Å². The van der Waals surface area contributed by atoms with E-state index in [0.717, 1.165) is 11.3 Å². The highest BCUT2D eigenvalue weighted by Crippen LogP contribution is 2.31. The van der Waals surface area contributed by atoms with Crippen molar-refractivity contribution < 1.29 is 9.18 Å². The number of nitrogens with zero attached hydrogens (tertiary/aromatic N) is 4. The number of aromatic nitrogens is 3. The molecule has 0 radical (unpaired) electrons. The molecule has 0 spiro atoms. The van der Waals surface area contributed by atoms with Crippen LogP contribution < -0.4 is 0 Å². The second-order valence-electron chi connectivity index (χ2n) is 7.47. The third-order valence-corrected chi connectivity index (χ3v) is 5.37. The van der Waals surface area contributed by atoms with E-state index in [2.05, 4.69) is 21.5 Å². The van der Waals surface area contributed by atoms with Crippen molar-refractivity contribution in [2.75, 3.05) is 13.1 Å². The maximum absolute atomic E-state index is 15.4. The van der Waals surface area contributed by atoms with Gasteiger partial charge < -0.3 is 4.90 Å². The predicted molar refractivity (Wildman–Crippen MR) is 117 cm³/mol. The number of hydrogen-bond donors (Lipinski definition) is 0. The average Bonchev–Trinajstić information content (AvgIpc) is 2.75. The van der Waals surface area contributed by atoms with Crippen LogP contribution in [-0.4, -0.2) is 44.5 Å². The monoisotopic (exact) mass is 406 g/mol. The maximum atomic E-state index is 15.4. The number of alkyl halides is 1. The minimum Gasteiger partial charge on any atom is -0.338 e. The van der Waals surface area contributed by atoms with E-state index in [9.17, 15) is 4.79 Å². The molecule has 1 fully saturated rings. The fraction of sp³-hybridized carbons (Fsp3) is 0.333. The SMILES string of the molecule is C=C/C=C(\C=C/C)c1ncccc1C(=O)N1CCC(F)(Cc2nccnc2C)CC1. The minimum atomic E-state index is -1.38. The number of likely N-dealkylation sites (tertiary alicyclic amines) is 1. The Morgan fingerprint density at radius 2 is 1.97 bits per heavy atom. The first-order valence-electron chi connectivity index (χ1n) is 10.1. The summed E-state index contributed by atoms with van der Waals surface area (Å²) in [6, 6.07) is 3.52. The van der Waals surface area contributed by atoms with Crippen LogP contribution in [0.5, 0.6) is 0 Å². The van der Waals surface area contributed by atoms with E-state index in [4.69, 9.17) is 0 Å². The van der Waals surface area contributed by atoms with Gasteiger partial charge in [-0.15, -0.1) is 0 Å². The molecule has 3 heterocycles. The van der Waals surface area contributed by atoms with Crippen molar-refractivity contribution in [1.82, 2.24) is 19.9 Å². The number of carbonyl (C=O) groups is 1. The van der Waals surface area contributed by atoms with Gasteiger partial charge in [-0.1, -0.05) is 30.9 Å². The number of rotatable bonds is 6. The summed E-state index contributed by atoms with van der Waals surface area (Å²) in [6.07, 6.45) is 12.9. The van der Waals surface area contributed by atoms with Crippen LogP contribution in [0.4, 0.5) is 4.39 Å². The second kappa shape index (κ2) is 9.57. The van der Waals surface area contributed by atoms with Crippen molar-refractivity contribution in [1.29, 1.82) is 0 Å². The standard InChI is InChI=1S/C24H27FN4O/c1-4-7-19(8-5-2)22-20(9-6-12-28-22)23(30)29-15-10-24(25,11-16-29)17-21-18(3)26-13-14-27-21/h4-9,12-14H,1,10-11,15-17H2,2-3H3/b8-5-,19-7+. The summed E-state index contributed by atoms with van der Waals surface area (Å²) in [4.78, 5) is 27.8. The molecule has 1 aliphatic heterocycles. The summed E-state index contributed by atoms with van der Waals surface area (Å²) >= 11 is 0. The Morgan fingerprint density at radius 1 is 1.23 bits per heavy atom. The Hall–Kier alpha value is -3.15. The second-order valence-corrected chi connectivity index (χ2v) is 7.47. The highest BCUT2D eigenvalue weighted by atomic mass is 19.1. The largest absolute Gasteiger partial charge is 0.338 e. The molecule has 6 heteroatoms. The Kier molecular flexibility index (Phi) is 6.87. The molecule has 30 heavy (non-hydrogen) atoms. The van der Waals surface area contributed by atoms with Crippen LogP contribution in [0, 0.1) is 6.92 Å². The fourth-order valence-electron chi connectivity index (χ4n) is 3.70. The van der Waals surface area contributed by atoms with Crippen LogP contribution in [0.25, 0.3) is 5.57 Å². The number of aryl methyl sites for hydroxylation is 1. The molecule has 0 atom stereocenters. The molecule has 1 aliphatic rings. The Labute approximate surface area is 177 Å². The topological polar surface area (TPSA) is 59.0 Å². The molecule has 156 valence electrons. The summed E-state index contributed by atoms with van der Waals surface area (Å²) < 4.78 is 15.4. The molecular weight excluding hydrogens is 379 g/mol. The number of halogens is 1. The number of pyridine rings is 1. The lowest BCUT2D eigenvalue weighted by Crippen LogP contribution is -2.46. The highest BCUT2D eigenvalue weighted by Gasteiger charge is 2.37. The van der Waals surface area contributed by atoms with Gasteiger partial charge in [0.2, 0.25) is 0 Å². The van der Waals surface area contributed by atoms with Gasteiger partial charge in [0.05, 0.1) is 22.6 Å². The van der Waals surface area contributed by atoms with E-state index in [1.165, 1.54) is 0 Å².